The van der Waals surface area contributed by atoms with E-state index < -0.39 is 24.9 Å². The Morgan fingerprint density at radius 3 is 2.72 bits per heavy atom. The van der Waals surface area contributed by atoms with Crippen LogP contribution >= 0.6 is 0 Å². The highest BCUT2D eigenvalue weighted by molar-refractivity contribution is 5.41. The molecule has 8 heteroatoms. The van der Waals surface area contributed by atoms with Crippen LogP contribution in [0.4, 0.5) is 24.9 Å². The van der Waals surface area contributed by atoms with Crippen molar-refractivity contribution in [3.8, 4) is 0 Å². The van der Waals surface area contributed by atoms with Crippen LogP contribution in [0, 0.1) is 5.82 Å². The third-order valence-corrected chi connectivity index (χ3v) is 2.02. The fraction of sp³-hybridized carbons (Fsp3) is 0.600. The summed E-state index contributed by atoms with van der Waals surface area (Å²) in [4.78, 5) is 7.39. The van der Waals surface area contributed by atoms with E-state index in [1.807, 2.05) is 6.92 Å². The van der Waals surface area contributed by atoms with Crippen molar-refractivity contribution in [3.05, 3.63) is 12.0 Å². The minimum absolute atomic E-state index is 0.160. The number of hydrogen-bond donors (Lipinski definition) is 3. The minimum Gasteiger partial charge on any atom is -0.390 e. The summed E-state index contributed by atoms with van der Waals surface area (Å²) in [7, 11) is 0. The van der Waals surface area contributed by atoms with Gasteiger partial charge in [-0.15, -0.1) is 0 Å². The second-order valence-electron chi connectivity index (χ2n) is 3.68. The highest BCUT2D eigenvalue weighted by Gasteiger charge is 2.27. The number of hydrogen-bond acceptors (Lipinski definition) is 5. The average Bonchev–Trinajstić information content (AvgIpc) is 2.36. The van der Waals surface area contributed by atoms with Gasteiger partial charge in [-0.25, -0.2) is 18.2 Å². The first kappa shape index (κ1) is 14.5. The maximum atomic E-state index is 13.2. The van der Waals surface area contributed by atoms with E-state index in [0.29, 0.717) is 6.54 Å². The first-order chi connectivity index (χ1) is 8.48. The zero-order valence-corrected chi connectivity index (χ0v) is 9.88. The zero-order chi connectivity index (χ0) is 13.6. The van der Waals surface area contributed by atoms with Crippen molar-refractivity contribution in [3.63, 3.8) is 0 Å². The molecule has 0 amide bonds. The molecule has 0 aliphatic carbocycles. The van der Waals surface area contributed by atoms with Gasteiger partial charge in [-0.1, -0.05) is 6.92 Å². The summed E-state index contributed by atoms with van der Waals surface area (Å²) in [6, 6.07) is 0. The number of nitrogens with one attached hydrogen (secondary N) is 2. The fourth-order valence-electron chi connectivity index (χ4n) is 1.08. The van der Waals surface area contributed by atoms with Crippen LogP contribution in [0.15, 0.2) is 6.20 Å². The minimum atomic E-state index is -3.32. The van der Waals surface area contributed by atoms with Crippen LogP contribution in [0.1, 0.15) is 13.3 Å². The normalized spacial score (nSPS) is 11.4. The highest BCUT2D eigenvalue weighted by atomic mass is 19.3. The highest BCUT2D eigenvalue weighted by Crippen LogP contribution is 2.16. The summed E-state index contributed by atoms with van der Waals surface area (Å²) in [6.07, 6.45) is 1.72. The number of alkyl halides is 2. The molecule has 1 aromatic heterocycles. The van der Waals surface area contributed by atoms with Gasteiger partial charge in [0.15, 0.2) is 11.6 Å². The maximum absolute atomic E-state index is 13.2. The molecule has 18 heavy (non-hydrogen) atoms. The SMILES string of the molecule is CCCNc1ncc(F)c(NCC(F)(F)CO)n1. The molecule has 102 valence electrons. The number of halogens is 3. The van der Waals surface area contributed by atoms with Gasteiger partial charge in [0.05, 0.1) is 12.7 Å². The molecule has 0 atom stereocenters. The predicted octanol–water partition coefficient (Wildman–Crippen LogP) is 1.48. The van der Waals surface area contributed by atoms with Crippen molar-refractivity contribution in [2.24, 2.45) is 0 Å². The average molecular weight is 264 g/mol. The van der Waals surface area contributed by atoms with E-state index in [9.17, 15) is 13.2 Å². The lowest BCUT2D eigenvalue weighted by Crippen LogP contribution is -2.31. The molecule has 0 radical (unpaired) electrons. The third kappa shape index (κ3) is 4.36. The molecule has 1 rings (SSSR count). The Morgan fingerprint density at radius 2 is 2.11 bits per heavy atom. The Bertz CT molecular complexity index is 389. The molecular formula is C10H15F3N4O. The standard InChI is InChI=1S/C10H15F3N4O/c1-2-3-14-9-15-4-7(11)8(17-9)16-5-10(12,13)6-18/h4,18H,2-3,5-6H2,1H3,(H2,14,15,16,17). The van der Waals surface area contributed by atoms with Gasteiger partial charge in [-0.05, 0) is 6.42 Å². The van der Waals surface area contributed by atoms with Crippen LogP contribution in [0.2, 0.25) is 0 Å². The summed E-state index contributed by atoms with van der Waals surface area (Å²) in [5.74, 6) is -4.32. The van der Waals surface area contributed by atoms with Gasteiger partial charge in [0, 0.05) is 6.54 Å². The van der Waals surface area contributed by atoms with Gasteiger partial charge in [0.2, 0.25) is 5.95 Å². The fourth-order valence-corrected chi connectivity index (χ4v) is 1.08. The number of aliphatic hydroxyl groups excluding tert-OH is 1. The maximum Gasteiger partial charge on any atom is 0.287 e. The van der Waals surface area contributed by atoms with E-state index in [1.54, 1.807) is 0 Å². The second kappa shape index (κ2) is 6.39. The number of nitrogens with zero attached hydrogens (tertiary/aromatic N) is 2. The molecule has 0 aliphatic heterocycles. The lowest BCUT2D eigenvalue weighted by molar-refractivity contribution is -0.0373. The Hall–Kier alpha value is -1.57. The number of rotatable bonds is 7. The lowest BCUT2D eigenvalue weighted by atomic mass is 10.3. The number of aliphatic hydroxyl groups is 1. The van der Waals surface area contributed by atoms with Crippen LogP contribution < -0.4 is 10.6 Å². The topological polar surface area (TPSA) is 70.1 Å². The molecule has 3 N–H and O–H groups in total. The first-order valence-electron chi connectivity index (χ1n) is 5.47. The van der Waals surface area contributed by atoms with E-state index in [1.165, 1.54) is 0 Å². The third-order valence-electron chi connectivity index (χ3n) is 2.02. The molecule has 1 heterocycles. The van der Waals surface area contributed by atoms with Gasteiger partial charge >= 0.3 is 0 Å². The van der Waals surface area contributed by atoms with Crippen LogP contribution in [0.5, 0.6) is 0 Å². The molecule has 0 aromatic carbocycles. The second-order valence-corrected chi connectivity index (χ2v) is 3.68. The van der Waals surface area contributed by atoms with Crippen LogP contribution in [0.3, 0.4) is 0 Å². The molecule has 5 nitrogen and oxygen atoms in total. The van der Waals surface area contributed by atoms with Crippen molar-refractivity contribution in [2.45, 2.75) is 19.3 Å². The Kier molecular flexibility index (Phi) is 5.14. The van der Waals surface area contributed by atoms with Crippen LogP contribution in [0.25, 0.3) is 0 Å². The Labute approximate surface area is 102 Å². The van der Waals surface area contributed by atoms with E-state index >= 15 is 0 Å². The quantitative estimate of drug-likeness (QED) is 0.696. The smallest absolute Gasteiger partial charge is 0.287 e. The Balaban J connectivity index is 2.69. The summed E-state index contributed by atoms with van der Waals surface area (Å²) in [6.45, 7) is 0.313. The van der Waals surface area contributed by atoms with E-state index in [2.05, 4.69) is 20.6 Å². The first-order valence-corrected chi connectivity index (χ1v) is 5.47. The molecule has 0 saturated carbocycles. The molecule has 0 saturated heterocycles. The molecule has 1 aromatic rings. The monoisotopic (exact) mass is 264 g/mol. The van der Waals surface area contributed by atoms with E-state index in [0.717, 1.165) is 12.6 Å². The van der Waals surface area contributed by atoms with Crippen LogP contribution in [-0.2, 0) is 0 Å². The van der Waals surface area contributed by atoms with Crippen molar-refractivity contribution >= 4 is 11.8 Å². The van der Waals surface area contributed by atoms with E-state index in [-0.39, 0.29) is 11.8 Å². The van der Waals surface area contributed by atoms with Gasteiger partial charge in [0.1, 0.15) is 6.61 Å². The molecule has 0 unspecified atom stereocenters. The van der Waals surface area contributed by atoms with Gasteiger partial charge in [-0.3, -0.25) is 0 Å². The van der Waals surface area contributed by atoms with Crippen LogP contribution in [-0.4, -0.2) is 40.7 Å². The predicted molar refractivity (Wildman–Crippen MR) is 61.3 cm³/mol. The van der Waals surface area contributed by atoms with E-state index in [4.69, 9.17) is 5.11 Å². The van der Waals surface area contributed by atoms with Gasteiger partial charge < -0.3 is 15.7 Å². The molecule has 0 spiro atoms. The number of anilines is 2. The molecular weight excluding hydrogens is 249 g/mol. The summed E-state index contributed by atoms with van der Waals surface area (Å²) in [5, 5.41) is 13.3. The van der Waals surface area contributed by atoms with Crippen molar-refractivity contribution in [1.82, 2.24) is 9.97 Å². The Morgan fingerprint density at radius 1 is 1.39 bits per heavy atom. The van der Waals surface area contributed by atoms with Gasteiger partial charge in [0.25, 0.3) is 5.92 Å². The number of aromatic nitrogens is 2. The van der Waals surface area contributed by atoms with Crippen molar-refractivity contribution < 1.29 is 18.3 Å². The van der Waals surface area contributed by atoms with Gasteiger partial charge in [-0.2, -0.15) is 4.98 Å². The summed E-state index contributed by atoms with van der Waals surface area (Å²) >= 11 is 0. The van der Waals surface area contributed by atoms with Crippen molar-refractivity contribution in [2.75, 3.05) is 30.3 Å². The molecule has 0 fully saturated rings. The summed E-state index contributed by atoms with van der Waals surface area (Å²) in [5.41, 5.74) is 0. The zero-order valence-electron chi connectivity index (χ0n) is 9.88. The van der Waals surface area contributed by atoms with Crippen molar-refractivity contribution in [1.29, 1.82) is 0 Å². The largest absolute Gasteiger partial charge is 0.390 e. The summed E-state index contributed by atoms with van der Waals surface area (Å²) < 4.78 is 38.8. The molecule has 0 aliphatic rings. The lowest BCUT2D eigenvalue weighted by Gasteiger charge is -2.15. The molecule has 0 bridgehead atoms.